The SMILES string of the molecule is CSC(C)C1CC(=O)CC=C(C2(C3=CCC(=O)CC3)CCCCC2)C1. The maximum Gasteiger partial charge on any atom is 0.136 e. The highest BCUT2D eigenvalue weighted by atomic mass is 32.2. The summed E-state index contributed by atoms with van der Waals surface area (Å²) in [5.41, 5.74) is 3.20. The van der Waals surface area contributed by atoms with E-state index in [1.165, 1.54) is 43.3 Å². The number of rotatable bonds is 4. The van der Waals surface area contributed by atoms with Crippen LogP contribution in [0.15, 0.2) is 23.3 Å². The average molecular weight is 361 g/mol. The van der Waals surface area contributed by atoms with Crippen LogP contribution in [0.25, 0.3) is 0 Å². The van der Waals surface area contributed by atoms with E-state index in [0.29, 0.717) is 42.0 Å². The molecule has 0 heterocycles. The molecule has 1 saturated carbocycles. The van der Waals surface area contributed by atoms with Crippen molar-refractivity contribution in [1.82, 2.24) is 0 Å². The van der Waals surface area contributed by atoms with E-state index in [4.69, 9.17) is 0 Å². The van der Waals surface area contributed by atoms with Gasteiger partial charge in [-0.25, -0.2) is 0 Å². The molecule has 25 heavy (non-hydrogen) atoms. The van der Waals surface area contributed by atoms with Crippen LogP contribution in [0.3, 0.4) is 0 Å². The summed E-state index contributed by atoms with van der Waals surface area (Å²) in [6, 6.07) is 0. The van der Waals surface area contributed by atoms with E-state index < -0.39 is 0 Å². The largest absolute Gasteiger partial charge is 0.299 e. The number of carbonyl (C=O) groups is 2. The smallest absolute Gasteiger partial charge is 0.136 e. The minimum Gasteiger partial charge on any atom is -0.299 e. The predicted molar refractivity (Wildman–Crippen MR) is 106 cm³/mol. The normalized spacial score (nSPS) is 28.8. The van der Waals surface area contributed by atoms with E-state index >= 15 is 0 Å². The van der Waals surface area contributed by atoms with Gasteiger partial charge in [0.25, 0.3) is 0 Å². The first kappa shape index (κ1) is 18.9. The number of hydrogen-bond donors (Lipinski definition) is 0. The molecule has 1 fully saturated rings. The molecular formula is C22H32O2S. The van der Waals surface area contributed by atoms with Gasteiger partial charge in [0, 0.05) is 36.3 Å². The highest BCUT2D eigenvalue weighted by Gasteiger charge is 2.41. The molecule has 0 spiro atoms. The molecule has 3 heteroatoms. The van der Waals surface area contributed by atoms with Crippen molar-refractivity contribution in [3.63, 3.8) is 0 Å². The molecule has 0 aromatic heterocycles. The first-order valence-corrected chi connectivity index (χ1v) is 11.3. The fourth-order valence-electron chi connectivity index (χ4n) is 5.12. The Labute approximate surface area is 156 Å². The first-order chi connectivity index (χ1) is 12.0. The molecule has 3 aliphatic carbocycles. The third kappa shape index (κ3) is 4.13. The van der Waals surface area contributed by atoms with Crippen molar-refractivity contribution >= 4 is 23.3 Å². The predicted octanol–water partition coefficient (Wildman–Crippen LogP) is 5.66. The van der Waals surface area contributed by atoms with Gasteiger partial charge in [0.1, 0.15) is 11.6 Å². The van der Waals surface area contributed by atoms with E-state index in [9.17, 15) is 9.59 Å². The van der Waals surface area contributed by atoms with E-state index in [-0.39, 0.29) is 5.41 Å². The lowest BCUT2D eigenvalue weighted by Gasteiger charge is -2.44. The first-order valence-electron chi connectivity index (χ1n) is 10.0. The summed E-state index contributed by atoms with van der Waals surface area (Å²) in [5, 5.41) is 0.521. The van der Waals surface area contributed by atoms with Crippen molar-refractivity contribution in [3.8, 4) is 0 Å². The lowest BCUT2D eigenvalue weighted by atomic mass is 9.61. The molecule has 2 nitrogen and oxygen atoms in total. The third-order valence-corrected chi connectivity index (χ3v) is 7.90. The second-order valence-electron chi connectivity index (χ2n) is 8.20. The van der Waals surface area contributed by atoms with Crippen molar-refractivity contribution in [2.75, 3.05) is 6.26 Å². The molecule has 0 amide bonds. The van der Waals surface area contributed by atoms with Crippen LogP contribution in [-0.2, 0) is 9.59 Å². The van der Waals surface area contributed by atoms with Crippen molar-refractivity contribution in [3.05, 3.63) is 23.3 Å². The fourth-order valence-corrected chi connectivity index (χ4v) is 5.70. The zero-order valence-corrected chi connectivity index (χ0v) is 16.6. The third-order valence-electron chi connectivity index (χ3n) is 6.77. The van der Waals surface area contributed by atoms with E-state index in [1.807, 2.05) is 11.8 Å². The molecule has 0 bridgehead atoms. The topological polar surface area (TPSA) is 34.1 Å². The monoisotopic (exact) mass is 360 g/mol. The summed E-state index contributed by atoms with van der Waals surface area (Å²) >= 11 is 1.89. The lowest BCUT2D eigenvalue weighted by molar-refractivity contribution is -0.119. The highest BCUT2D eigenvalue weighted by Crippen LogP contribution is 2.53. The molecule has 2 atom stereocenters. The minimum atomic E-state index is 0.153. The second-order valence-corrected chi connectivity index (χ2v) is 9.41. The van der Waals surface area contributed by atoms with Crippen LogP contribution in [0.2, 0.25) is 0 Å². The van der Waals surface area contributed by atoms with Gasteiger partial charge in [0.2, 0.25) is 0 Å². The Kier molecular flexibility index (Phi) is 6.25. The fraction of sp³-hybridized carbons (Fsp3) is 0.727. The minimum absolute atomic E-state index is 0.153. The van der Waals surface area contributed by atoms with Gasteiger partial charge in [-0.15, -0.1) is 0 Å². The van der Waals surface area contributed by atoms with Crippen molar-refractivity contribution in [1.29, 1.82) is 0 Å². The molecule has 0 aromatic carbocycles. The Morgan fingerprint density at radius 1 is 0.960 bits per heavy atom. The van der Waals surface area contributed by atoms with Gasteiger partial charge in [-0.3, -0.25) is 9.59 Å². The summed E-state index contributed by atoms with van der Waals surface area (Å²) in [6.07, 6.45) is 17.7. The summed E-state index contributed by atoms with van der Waals surface area (Å²) < 4.78 is 0. The maximum absolute atomic E-state index is 12.4. The molecule has 0 radical (unpaired) electrons. The maximum atomic E-state index is 12.4. The molecule has 0 N–H and O–H groups in total. The summed E-state index contributed by atoms with van der Waals surface area (Å²) in [4.78, 5) is 24.1. The number of ketones is 2. The van der Waals surface area contributed by atoms with E-state index in [1.54, 1.807) is 0 Å². The number of allylic oxidation sites excluding steroid dienone is 4. The zero-order chi connectivity index (χ0) is 17.9. The van der Waals surface area contributed by atoms with Crippen LogP contribution in [0, 0.1) is 11.3 Å². The van der Waals surface area contributed by atoms with Gasteiger partial charge in [0.15, 0.2) is 0 Å². The molecule has 3 aliphatic rings. The second kappa shape index (κ2) is 8.24. The lowest BCUT2D eigenvalue weighted by Crippen LogP contribution is -2.32. The van der Waals surface area contributed by atoms with E-state index in [2.05, 4.69) is 25.3 Å². The van der Waals surface area contributed by atoms with Gasteiger partial charge in [-0.2, -0.15) is 11.8 Å². The van der Waals surface area contributed by atoms with E-state index in [0.717, 1.165) is 19.3 Å². The molecule has 0 aromatic rings. The van der Waals surface area contributed by atoms with Crippen LogP contribution in [-0.4, -0.2) is 23.1 Å². The average Bonchev–Trinajstić information content (AvgIpc) is 2.84. The Morgan fingerprint density at radius 3 is 2.28 bits per heavy atom. The van der Waals surface area contributed by atoms with Crippen LogP contribution >= 0.6 is 11.8 Å². The van der Waals surface area contributed by atoms with Gasteiger partial charge in [0.05, 0.1) is 0 Å². The number of hydrogen-bond acceptors (Lipinski definition) is 3. The van der Waals surface area contributed by atoms with Crippen molar-refractivity contribution in [2.45, 2.75) is 82.8 Å². The Hall–Kier alpha value is -0.830. The van der Waals surface area contributed by atoms with Gasteiger partial charge < -0.3 is 0 Å². The molecule has 0 aliphatic heterocycles. The molecular weight excluding hydrogens is 328 g/mol. The highest BCUT2D eigenvalue weighted by molar-refractivity contribution is 7.99. The van der Waals surface area contributed by atoms with Crippen LogP contribution in [0.4, 0.5) is 0 Å². The molecule has 2 unspecified atom stereocenters. The standard InChI is InChI=1S/C22H32O2S/c1-16(25-2)17-14-19(8-11-21(24)15-17)22(12-4-3-5-13-22)18-6-9-20(23)10-7-18/h6,8,16-17H,3-5,7,9-15H2,1-2H3. The van der Waals surface area contributed by atoms with Gasteiger partial charge in [-0.1, -0.05) is 49.5 Å². The molecule has 138 valence electrons. The van der Waals surface area contributed by atoms with Crippen LogP contribution in [0.5, 0.6) is 0 Å². The Balaban J connectivity index is 1.94. The van der Waals surface area contributed by atoms with Crippen LogP contribution in [0.1, 0.15) is 77.6 Å². The Bertz CT molecular complexity index is 581. The molecule has 3 rings (SSSR count). The summed E-state index contributed by atoms with van der Waals surface area (Å²) in [7, 11) is 0. The van der Waals surface area contributed by atoms with Crippen molar-refractivity contribution < 1.29 is 9.59 Å². The van der Waals surface area contributed by atoms with Crippen LogP contribution < -0.4 is 0 Å². The van der Waals surface area contributed by atoms with Gasteiger partial charge >= 0.3 is 0 Å². The zero-order valence-electron chi connectivity index (χ0n) is 15.8. The number of Topliss-reactive ketones (excluding diaryl/α,β-unsaturated/α-hetero) is 2. The summed E-state index contributed by atoms with van der Waals surface area (Å²) in [6.45, 7) is 2.28. The summed E-state index contributed by atoms with van der Waals surface area (Å²) in [5.74, 6) is 1.24. The molecule has 0 saturated heterocycles. The quantitative estimate of drug-likeness (QED) is 0.606. The number of thioether (sulfide) groups is 1. The Morgan fingerprint density at radius 2 is 1.64 bits per heavy atom. The van der Waals surface area contributed by atoms with Gasteiger partial charge in [-0.05, 0) is 37.9 Å². The number of carbonyl (C=O) groups excluding carboxylic acids is 2. The van der Waals surface area contributed by atoms with Crippen molar-refractivity contribution in [2.24, 2.45) is 11.3 Å².